The molecule has 8 nitrogen and oxygen atoms in total. The first-order chi connectivity index (χ1) is 8.09. The Morgan fingerprint density at radius 1 is 1.24 bits per heavy atom. The average Bonchev–Trinajstić information content (AvgIpc) is 2.32. The lowest BCUT2D eigenvalue weighted by molar-refractivity contribution is -0.192. The Morgan fingerprint density at radius 2 is 1.94 bits per heavy atom. The number of benzene rings is 1. The number of anilines is 1. The second kappa shape index (κ2) is 4.10. The van der Waals surface area contributed by atoms with Gasteiger partial charge in [0.1, 0.15) is 5.69 Å². The lowest BCUT2D eigenvalue weighted by atomic mass is 10.2. The third-order valence-electron chi connectivity index (χ3n) is 1.92. The molecule has 88 valence electrons. The standard InChI is InChI=1S/C9H6N2O6/c12-7(13)5-3-1-2-4-6(5)11-10-16-8(14)9(15)17-11/h1-4,10H,(H,12,13). The van der Waals surface area contributed by atoms with E-state index in [1.165, 1.54) is 24.3 Å². The predicted molar refractivity (Wildman–Crippen MR) is 51.2 cm³/mol. The third kappa shape index (κ3) is 2.01. The number of hydrazine groups is 1. The van der Waals surface area contributed by atoms with E-state index < -0.39 is 17.9 Å². The molecule has 1 aliphatic heterocycles. The van der Waals surface area contributed by atoms with Crippen LogP contribution in [0.5, 0.6) is 0 Å². The highest BCUT2D eigenvalue weighted by Crippen LogP contribution is 2.20. The molecule has 0 atom stereocenters. The zero-order valence-corrected chi connectivity index (χ0v) is 8.25. The molecule has 1 heterocycles. The first-order valence-corrected chi connectivity index (χ1v) is 4.41. The minimum atomic E-state index is -1.25. The molecule has 0 amide bonds. The zero-order chi connectivity index (χ0) is 12.4. The first-order valence-electron chi connectivity index (χ1n) is 4.41. The largest absolute Gasteiger partial charge is 0.478 e. The smallest absolute Gasteiger partial charge is 0.444 e. The fourth-order valence-corrected chi connectivity index (χ4v) is 1.19. The maximum atomic E-state index is 10.9. The van der Waals surface area contributed by atoms with Crippen molar-refractivity contribution in [3.63, 3.8) is 0 Å². The van der Waals surface area contributed by atoms with E-state index in [0.717, 1.165) is 0 Å². The van der Waals surface area contributed by atoms with Gasteiger partial charge in [-0.1, -0.05) is 12.1 Å². The van der Waals surface area contributed by atoms with Gasteiger partial charge in [-0.15, -0.1) is 5.17 Å². The van der Waals surface area contributed by atoms with E-state index in [-0.39, 0.29) is 11.3 Å². The van der Waals surface area contributed by atoms with Crippen molar-refractivity contribution in [1.29, 1.82) is 0 Å². The van der Waals surface area contributed by atoms with Crippen LogP contribution in [0.1, 0.15) is 10.4 Å². The highest BCUT2D eigenvalue weighted by Gasteiger charge is 2.31. The van der Waals surface area contributed by atoms with Crippen molar-refractivity contribution >= 4 is 23.6 Å². The van der Waals surface area contributed by atoms with Crippen LogP contribution in [-0.2, 0) is 19.3 Å². The number of nitrogens with one attached hydrogen (secondary N) is 1. The Kier molecular flexibility index (Phi) is 2.63. The summed E-state index contributed by atoms with van der Waals surface area (Å²) >= 11 is 0. The van der Waals surface area contributed by atoms with Gasteiger partial charge in [0, 0.05) is 0 Å². The molecule has 2 N–H and O–H groups in total. The normalized spacial score (nSPS) is 15.2. The van der Waals surface area contributed by atoms with Gasteiger partial charge in [0.25, 0.3) is 0 Å². The molecule has 1 aromatic carbocycles. The van der Waals surface area contributed by atoms with Gasteiger partial charge in [-0.25, -0.2) is 14.4 Å². The topological polar surface area (TPSA) is 105 Å². The Hall–Kier alpha value is -2.61. The summed E-state index contributed by atoms with van der Waals surface area (Å²) in [6, 6.07) is 5.73. The van der Waals surface area contributed by atoms with E-state index in [1.54, 1.807) is 0 Å². The number of nitrogens with zero attached hydrogens (tertiary/aromatic N) is 1. The number of carboxylic acids is 1. The molecule has 2 rings (SSSR count). The third-order valence-corrected chi connectivity index (χ3v) is 1.92. The Balaban J connectivity index is 2.32. The molecule has 0 aliphatic carbocycles. The van der Waals surface area contributed by atoms with Crippen molar-refractivity contribution in [2.24, 2.45) is 0 Å². The molecule has 1 aliphatic rings. The van der Waals surface area contributed by atoms with E-state index in [4.69, 9.17) is 5.11 Å². The van der Waals surface area contributed by atoms with Crippen LogP contribution >= 0.6 is 0 Å². The fraction of sp³-hybridized carbons (Fsp3) is 0. The van der Waals surface area contributed by atoms with Crippen LogP contribution in [0.4, 0.5) is 5.69 Å². The minimum Gasteiger partial charge on any atom is -0.478 e. The maximum Gasteiger partial charge on any atom is 0.444 e. The van der Waals surface area contributed by atoms with Crippen LogP contribution in [0, 0.1) is 0 Å². The van der Waals surface area contributed by atoms with Crippen molar-refractivity contribution in [3.05, 3.63) is 29.8 Å². The lowest BCUT2D eigenvalue weighted by Crippen LogP contribution is -2.50. The SMILES string of the molecule is O=C1ONN(c2ccccc2C(=O)O)OC1=O. The van der Waals surface area contributed by atoms with E-state index in [0.29, 0.717) is 5.17 Å². The highest BCUT2D eigenvalue weighted by molar-refractivity contribution is 6.30. The summed E-state index contributed by atoms with van der Waals surface area (Å²) in [6.07, 6.45) is 0. The summed E-state index contributed by atoms with van der Waals surface area (Å²) in [5, 5.41) is 9.57. The highest BCUT2D eigenvalue weighted by atomic mass is 16.9. The van der Waals surface area contributed by atoms with Crippen LogP contribution in [0.2, 0.25) is 0 Å². The monoisotopic (exact) mass is 238 g/mol. The van der Waals surface area contributed by atoms with Crippen LogP contribution in [0.15, 0.2) is 24.3 Å². The summed E-state index contributed by atoms with van der Waals surface area (Å²) < 4.78 is 0. The summed E-state index contributed by atoms with van der Waals surface area (Å²) in [5.41, 5.74) is 1.90. The molecular weight excluding hydrogens is 232 g/mol. The zero-order valence-electron chi connectivity index (χ0n) is 8.25. The molecular formula is C9H6N2O6. The summed E-state index contributed by atoms with van der Waals surface area (Å²) in [4.78, 5) is 41.3. The number of aromatic carboxylic acids is 1. The van der Waals surface area contributed by atoms with Gasteiger partial charge in [-0.2, -0.15) is 0 Å². The fourth-order valence-electron chi connectivity index (χ4n) is 1.19. The molecule has 0 saturated carbocycles. The molecule has 17 heavy (non-hydrogen) atoms. The number of carbonyl (C=O) groups is 3. The van der Waals surface area contributed by atoms with Crippen molar-refractivity contribution < 1.29 is 29.2 Å². The summed E-state index contributed by atoms with van der Waals surface area (Å²) in [5.74, 6) is -3.67. The molecule has 8 heteroatoms. The van der Waals surface area contributed by atoms with E-state index in [2.05, 4.69) is 9.68 Å². The van der Waals surface area contributed by atoms with Gasteiger partial charge in [0.2, 0.25) is 0 Å². The van der Waals surface area contributed by atoms with Crippen molar-refractivity contribution in [3.8, 4) is 0 Å². The second-order valence-electron chi connectivity index (χ2n) is 2.98. The van der Waals surface area contributed by atoms with Gasteiger partial charge < -0.3 is 14.8 Å². The molecule has 0 spiro atoms. The minimum absolute atomic E-state index is 0.0286. The molecule has 0 unspecified atom stereocenters. The van der Waals surface area contributed by atoms with Crippen LogP contribution in [-0.4, -0.2) is 23.0 Å². The average molecular weight is 238 g/mol. The number of para-hydroxylation sites is 1. The number of rotatable bonds is 2. The van der Waals surface area contributed by atoms with E-state index in [1.807, 2.05) is 5.59 Å². The van der Waals surface area contributed by atoms with Crippen molar-refractivity contribution in [2.75, 3.05) is 5.17 Å². The molecule has 0 radical (unpaired) electrons. The first kappa shape index (κ1) is 10.9. The molecule has 1 aromatic rings. The van der Waals surface area contributed by atoms with Gasteiger partial charge in [0.15, 0.2) is 0 Å². The number of carbonyl (C=O) groups excluding carboxylic acids is 2. The van der Waals surface area contributed by atoms with Gasteiger partial charge in [0.05, 0.1) is 5.56 Å². The predicted octanol–water partition coefficient (Wildman–Crippen LogP) is -0.374. The Labute approximate surface area is 94.2 Å². The molecule has 0 aromatic heterocycles. The van der Waals surface area contributed by atoms with E-state index >= 15 is 0 Å². The lowest BCUT2D eigenvalue weighted by Gasteiger charge is -2.26. The van der Waals surface area contributed by atoms with Crippen LogP contribution in [0.25, 0.3) is 0 Å². The molecule has 1 saturated heterocycles. The maximum absolute atomic E-state index is 10.9. The van der Waals surface area contributed by atoms with Crippen molar-refractivity contribution in [1.82, 2.24) is 5.59 Å². The van der Waals surface area contributed by atoms with Gasteiger partial charge >= 0.3 is 17.9 Å². The quantitative estimate of drug-likeness (QED) is 0.672. The van der Waals surface area contributed by atoms with Gasteiger partial charge in [-0.05, 0) is 17.7 Å². The molecule has 0 bridgehead atoms. The van der Waals surface area contributed by atoms with Crippen LogP contribution in [0.3, 0.4) is 0 Å². The molecule has 1 fully saturated rings. The van der Waals surface area contributed by atoms with Gasteiger partial charge in [-0.3, -0.25) is 0 Å². The number of carboxylic acid groups (broad SMARTS) is 1. The number of hydrogen-bond acceptors (Lipinski definition) is 7. The van der Waals surface area contributed by atoms with Crippen LogP contribution < -0.4 is 10.8 Å². The van der Waals surface area contributed by atoms with E-state index in [9.17, 15) is 14.4 Å². The summed E-state index contributed by atoms with van der Waals surface area (Å²) in [7, 11) is 0. The van der Waals surface area contributed by atoms with Crippen molar-refractivity contribution in [2.45, 2.75) is 0 Å². The second-order valence-corrected chi connectivity index (χ2v) is 2.98. The Bertz CT molecular complexity index is 500. The number of hydrogen-bond donors (Lipinski definition) is 2. The Morgan fingerprint density at radius 3 is 2.59 bits per heavy atom. The summed E-state index contributed by atoms with van der Waals surface area (Å²) in [6.45, 7) is 0.